The van der Waals surface area contributed by atoms with E-state index in [1.54, 1.807) is 6.07 Å². The number of furan rings is 1. The predicted octanol–water partition coefficient (Wildman–Crippen LogP) is 4.17. The van der Waals surface area contributed by atoms with Gasteiger partial charge in [0.2, 0.25) is 0 Å². The number of hydrogen-bond acceptors (Lipinski definition) is 7. The van der Waals surface area contributed by atoms with E-state index < -0.39 is 0 Å². The van der Waals surface area contributed by atoms with Crippen molar-refractivity contribution in [2.75, 3.05) is 26.3 Å². The van der Waals surface area contributed by atoms with Crippen LogP contribution >= 0.6 is 0 Å². The van der Waals surface area contributed by atoms with Crippen LogP contribution in [-0.2, 0) is 17.8 Å². The second-order valence-corrected chi connectivity index (χ2v) is 8.72. The molecule has 0 aliphatic carbocycles. The number of ether oxygens (including phenoxy) is 1. The van der Waals surface area contributed by atoms with Crippen LogP contribution in [0.4, 0.5) is 0 Å². The van der Waals surface area contributed by atoms with Crippen molar-refractivity contribution in [3.63, 3.8) is 0 Å². The number of pyridine rings is 1. The average molecular weight is 461 g/mol. The highest BCUT2D eigenvalue weighted by atomic mass is 16.5. The van der Waals surface area contributed by atoms with Crippen LogP contribution in [-0.4, -0.2) is 47.3 Å². The highest BCUT2D eigenvalue weighted by Crippen LogP contribution is 2.30. The van der Waals surface area contributed by atoms with Crippen LogP contribution < -0.4 is 5.32 Å². The summed E-state index contributed by atoms with van der Waals surface area (Å²) < 4.78 is 16.5. The largest absolute Gasteiger partial charge is 0.466 e. The van der Waals surface area contributed by atoms with Gasteiger partial charge < -0.3 is 19.0 Å². The van der Waals surface area contributed by atoms with Crippen molar-refractivity contribution in [3.05, 3.63) is 70.3 Å². The van der Waals surface area contributed by atoms with Crippen molar-refractivity contribution in [3.8, 4) is 11.3 Å². The summed E-state index contributed by atoms with van der Waals surface area (Å²) in [5, 5.41) is 7.72. The Morgan fingerprint density at radius 2 is 1.88 bits per heavy atom. The summed E-state index contributed by atoms with van der Waals surface area (Å²) in [5.41, 5.74) is 5.18. The van der Waals surface area contributed by atoms with Gasteiger partial charge in [0.15, 0.2) is 0 Å². The predicted molar refractivity (Wildman–Crippen MR) is 127 cm³/mol. The molecule has 1 saturated heterocycles. The number of hydrogen-bond donors (Lipinski definition) is 1. The zero-order chi connectivity index (χ0) is 23.7. The number of aryl methyl sites for hydroxylation is 3. The molecule has 0 bridgehead atoms. The maximum atomic E-state index is 13.3. The monoisotopic (exact) mass is 460 g/mol. The van der Waals surface area contributed by atoms with Gasteiger partial charge in [-0.1, -0.05) is 29.4 Å². The molecule has 1 amide bonds. The van der Waals surface area contributed by atoms with Crippen molar-refractivity contribution in [2.45, 2.75) is 33.9 Å². The van der Waals surface area contributed by atoms with Gasteiger partial charge in [-0.3, -0.25) is 9.69 Å². The minimum atomic E-state index is -0.198. The van der Waals surface area contributed by atoms with Crippen LogP contribution in [0.3, 0.4) is 0 Å². The molecule has 0 unspecified atom stereocenters. The van der Waals surface area contributed by atoms with Gasteiger partial charge in [-0.15, -0.1) is 0 Å². The molecule has 1 aliphatic heterocycles. The summed E-state index contributed by atoms with van der Waals surface area (Å²) in [6, 6.07) is 12.0. The van der Waals surface area contributed by atoms with Gasteiger partial charge in [0.1, 0.15) is 11.5 Å². The van der Waals surface area contributed by atoms with Crippen LogP contribution in [0.1, 0.15) is 38.7 Å². The first-order valence-corrected chi connectivity index (χ1v) is 11.5. The Morgan fingerprint density at radius 1 is 1.09 bits per heavy atom. The summed E-state index contributed by atoms with van der Waals surface area (Å²) in [6.45, 7) is 10.3. The standard InChI is InChI=1S/C26H28N4O4/c1-16-11-21(18(3)33-16)23-13-22(24-17(2)29-34-26(24)28-23)25(31)27-14-19-5-4-6-20(12-19)15-30-7-9-32-10-8-30/h4-6,11-13H,7-10,14-15H2,1-3H3,(H,27,31). The molecule has 176 valence electrons. The minimum absolute atomic E-state index is 0.198. The van der Waals surface area contributed by atoms with Crippen molar-refractivity contribution in [2.24, 2.45) is 0 Å². The maximum Gasteiger partial charge on any atom is 0.259 e. The molecule has 1 aliphatic rings. The van der Waals surface area contributed by atoms with Crippen molar-refractivity contribution in [1.29, 1.82) is 0 Å². The SMILES string of the molecule is Cc1cc(-c2cc(C(=O)NCc3cccc(CN4CCOCC4)c3)c3c(C)noc3n2)c(C)o1. The van der Waals surface area contributed by atoms with Gasteiger partial charge in [-0.2, -0.15) is 0 Å². The highest BCUT2D eigenvalue weighted by molar-refractivity contribution is 6.07. The second-order valence-electron chi connectivity index (χ2n) is 8.72. The molecular weight excluding hydrogens is 432 g/mol. The fourth-order valence-corrected chi connectivity index (χ4v) is 4.43. The van der Waals surface area contributed by atoms with Crippen molar-refractivity contribution < 1.29 is 18.5 Å². The van der Waals surface area contributed by atoms with Crippen molar-refractivity contribution in [1.82, 2.24) is 20.4 Å². The van der Waals surface area contributed by atoms with Crippen LogP contribution in [0, 0.1) is 20.8 Å². The number of carbonyl (C=O) groups excluding carboxylic acids is 1. The molecule has 4 aromatic rings. The van der Waals surface area contributed by atoms with Gasteiger partial charge in [-0.25, -0.2) is 4.98 Å². The quantitative estimate of drug-likeness (QED) is 0.462. The van der Waals surface area contributed by atoms with Gasteiger partial charge >= 0.3 is 0 Å². The third-order valence-corrected chi connectivity index (χ3v) is 6.13. The molecule has 1 fully saturated rings. The van der Waals surface area contributed by atoms with Gasteiger partial charge in [-0.05, 0) is 44.0 Å². The smallest absolute Gasteiger partial charge is 0.259 e. The first kappa shape index (κ1) is 22.3. The Labute approximate surface area is 197 Å². The first-order valence-electron chi connectivity index (χ1n) is 11.5. The molecule has 8 nitrogen and oxygen atoms in total. The molecule has 1 aromatic carbocycles. The minimum Gasteiger partial charge on any atom is -0.466 e. The molecule has 1 N–H and O–H groups in total. The lowest BCUT2D eigenvalue weighted by atomic mass is 10.0. The van der Waals surface area contributed by atoms with E-state index in [0.717, 1.165) is 55.5 Å². The number of nitrogens with zero attached hydrogens (tertiary/aromatic N) is 3. The summed E-state index contributed by atoms with van der Waals surface area (Å²) >= 11 is 0. The fraction of sp³-hybridized carbons (Fsp3) is 0.346. The second kappa shape index (κ2) is 9.40. The van der Waals surface area contributed by atoms with Gasteiger partial charge in [0, 0.05) is 31.7 Å². The van der Waals surface area contributed by atoms with Crippen LogP contribution in [0.15, 0.2) is 45.3 Å². The molecule has 0 spiro atoms. The highest BCUT2D eigenvalue weighted by Gasteiger charge is 2.21. The first-order chi connectivity index (χ1) is 16.5. The molecule has 34 heavy (non-hydrogen) atoms. The number of carbonyl (C=O) groups is 1. The number of fused-ring (bicyclic) bond motifs is 1. The topological polar surface area (TPSA) is 93.6 Å². The van der Waals surface area contributed by atoms with Crippen molar-refractivity contribution >= 4 is 17.0 Å². The maximum absolute atomic E-state index is 13.3. The lowest BCUT2D eigenvalue weighted by Gasteiger charge is -2.26. The van der Waals surface area contributed by atoms with E-state index in [-0.39, 0.29) is 5.91 Å². The zero-order valence-corrected chi connectivity index (χ0v) is 19.7. The molecule has 0 atom stereocenters. The Hall–Kier alpha value is -3.49. The Balaban J connectivity index is 1.37. The lowest BCUT2D eigenvalue weighted by molar-refractivity contribution is 0.0342. The van der Waals surface area contributed by atoms with Gasteiger partial charge in [0.25, 0.3) is 11.6 Å². The van der Waals surface area contributed by atoms with E-state index in [1.807, 2.05) is 39.0 Å². The number of rotatable bonds is 6. The van der Waals surface area contributed by atoms with Crippen LogP contribution in [0.2, 0.25) is 0 Å². The van der Waals surface area contributed by atoms with Crippen LogP contribution in [0.25, 0.3) is 22.4 Å². The summed E-state index contributed by atoms with van der Waals surface area (Å²) in [4.78, 5) is 20.3. The number of benzene rings is 1. The number of amides is 1. The Kier molecular flexibility index (Phi) is 6.17. The Morgan fingerprint density at radius 3 is 2.65 bits per heavy atom. The van der Waals surface area contributed by atoms with Gasteiger partial charge in [0.05, 0.1) is 35.6 Å². The summed E-state index contributed by atoms with van der Waals surface area (Å²) in [6.07, 6.45) is 0. The third kappa shape index (κ3) is 4.60. The lowest BCUT2D eigenvalue weighted by Crippen LogP contribution is -2.35. The molecule has 0 saturated carbocycles. The van der Waals surface area contributed by atoms with E-state index in [9.17, 15) is 4.79 Å². The molecule has 4 heterocycles. The number of morpholine rings is 1. The van der Waals surface area contributed by atoms with Crippen LogP contribution in [0.5, 0.6) is 0 Å². The Bertz CT molecular complexity index is 1330. The number of nitrogens with one attached hydrogen (secondary N) is 1. The molecule has 3 aromatic heterocycles. The van der Waals surface area contributed by atoms with E-state index >= 15 is 0 Å². The molecule has 0 radical (unpaired) electrons. The molecule has 5 rings (SSSR count). The van der Waals surface area contributed by atoms with E-state index in [0.29, 0.717) is 34.6 Å². The van der Waals surface area contributed by atoms with E-state index in [1.165, 1.54) is 5.56 Å². The summed E-state index contributed by atoms with van der Waals surface area (Å²) in [7, 11) is 0. The average Bonchev–Trinajstić information content (AvgIpc) is 3.38. The molecule has 8 heteroatoms. The zero-order valence-electron chi connectivity index (χ0n) is 19.7. The van der Waals surface area contributed by atoms with E-state index in [4.69, 9.17) is 13.7 Å². The molecular formula is C26H28N4O4. The fourth-order valence-electron chi connectivity index (χ4n) is 4.43. The number of aromatic nitrogens is 2. The normalized spacial score (nSPS) is 14.6. The third-order valence-electron chi connectivity index (χ3n) is 6.13. The summed E-state index contributed by atoms with van der Waals surface area (Å²) in [5.74, 6) is 1.33. The van der Waals surface area contributed by atoms with E-state index in [2.05, 4.69) is 32.5 Å².